The molecule has 2 atom stereocenters. The van der Waals surface area contributed by atoms with Crippen molar-refractivity contribution >= 4 is 27.4 Å². The molecule has 0 aromatic rings. The van der Waals surface area contributed by atoms with Crippen molar-refractivity contribution in [2.75, 3.05) is 11.5 Å². The van der Waals surface area contributed by atoms with Gasteiger partial charge in [0.05, 0.1) is 17.5 Å². The van der Waals surface area contributed by atoms with Crippen LogP contribution in [0.3, 0.4) is 0 Å². The lowest BCUT2D eigenvalue weighted by molar-refractivity contribution is -0.133. The lowest BCUT2D eigenvalue weighted by atomic mass is 9.80. The first-order chi connectivity index (χ1) is 10.9. The first-order valence-corrected chi connectivity index (χ1v) is 10.1. The van der Waals surface area contributed by atoms with Crippen LogP contribution in [0.5, 0.6) is 0 Å². The number of rotatable bonds is 4. The summed E-state index contributed by atoms with van der Waals surface area (Å²) in [6.45, 7) is 2.00. The Kier molecular flexibility index (Phi) is 4.44. The van der Waals surface area contributed by atoms with Crippen molar-refractivity contribution in [2.45, 2.75) is 57.5 Å². The Labute approximate surface area is 136 Å². The zero-order chi connectivity index (χ0) is 16.6. The molecule has 2 fully saturated rings. The maximum Gasteiger partial charge on any atom is 0.267 e. The Hall–Kier alpha value is -1.44. The molecule has 23 heavy (non-hydrogen) atoms. The molecule has 0 aromatic carbocycles. The lowest BCUT2D eigenvalue weighted by Gasteiger charge is -2.32. The van der Waals surface area contributed by atoms with Gasteiger partial charge in [-0.2, -0.15) is 5.10 Å². The van der Waals surface area contributed by atoms with Gasteiger partial charge in [0.1, 0.15) is 5.71 Å². The van der Waals surface area contributed by atoms with Gasteiger partial charge < -0.3 is 5.32 Å². The second-order valence-electron chi connectivity index (χ2n) is 6.79. The minimum atomic E-state index is -3.10. The summed E-state index contributed by atoms with van der Waals surface area (Å²) in [6, 6.07) is -0.323. The molecule has 1 saturated heterocycles. The summed E-state index contributed by atoms with van der Waals surface area (Å²) in [5, 5.41) is 8.39. The average molecular weight is 341 g/mol. The van der Waals surface area contributed by atoms with Crippen LogP contribution in [-0.4, -0.2) is 54.5 Å². The average Bonchev–Trinajstić information content (AvgIpc) is 2.77. The fourth-order valence-corrected chi connectivity index (χ4v) is 5.03. The summed E-state index contributed by atoms with van der Waals surface area (Å²) >= 11 is 0. The molecular weight excluding hydrogens is 318 g/mol. The van der Waals surface area contributed by atoms with Crippen LogP contribution < -0.4 is 5.32 Å². The number of hydrazone groups is 1. The standard InChI is InChI=1S/C15H23N3O4S/c1-10(11-3-2-4-11)16-15(20)13-5-6-14(19)18(17-13)12-7-8-23(21,22)9-12/h10-12H,2-9H2,1H3,(H,16,20)/t10-,12-/m1/s1. The predicted molar refractivity (Wildman–Crippen MR) is 85.5 cm³/mol. The van der Waals surface area contributed by atoms with Crippen LogP contribution >= 0.6 is 0 Å². The number of carbonyl (C=O) groups is 2. The molecule has 2 amide bonds. The van der Waals surface area contributed by atoms with E-state index in [2.05, 4.69) is 10.4 Å². The number of hydrogen-bond acceptors (Lipinski definition) is 5. The third-order valence-electron chi connectivity index (χ3n) is 5.09. The van der Waals surface area contributed by atoms with Gasteiger partial charge in [0.2, 0.25) is 5.91 Å². The van der Waals surface area contributed by atoms with Crippen molar-refractivity contribution in [3.05, 3.63) is 0 Å². The summed E-state index contributed by atoms with van der Waals surface area (Å²) in [5.74, 6) is 0.117. The van der Waals surface area contributed by atoms with Gasteiger partial charge >= 0.3 is 0 Å². The molecule has 1 saturated carbocycles. The molecule has 3 aliphatic rings. The van der Waals surface area contributed by atoms with Gasteiger partial charge in [-0.05, 0) is 32.1 Å². The SMILES string of the molecule is C[C@@H](NC(=O)C1=NN([C@@H]2CCS(=O)(=O)C2)C(=O)CC1)C1CCC1. The first-order valence-electron chi connectivity index (χ1n) is 8.26. The van der Waals surface area contributed by atoms with Gasteiger partial charge in [-0.25, -0.2) is 13.4 Å². The highest BCUT2D eigenvalue weighted by Crippen LogP contribution is 2.29. The van der Waals surface area contributed by atoms with E-state index in [1.165, 1.54) is 11.4 Å². The van der Waals surface area contributed by atoms with E-state index in [1.54, 1.807) is 0 Å². The Morgan fingerprint density at radius 3 is 2.61 bits per heavy atom. The molecule has 128 valence electrons. The summed E-state index contributed by atoms with van der Waals surface area (Å²) in [5.41, 5.74) is 0.333. The van der Waals surface area contributed by atoms with Crippen molar-refractivity contribution in [3.63, 3.8) is 0 Å². The van der Waals surface area contributed by atoms with Crippen molar-refractivity contribution < 1.29 is 18.0 Å². The third kappa shape index (κ3) is 3.57. The minimum Gasteiger partial charge on any atom is -0.348 e. The molecule has 3 rings (SSSR count). The molecular formula is C15H23N3O4S. The molecule has 7 nitrogen and oxygen atoms in total. The molecule has 8 heteroatoms. The Morgan fingerprint density at radius 1 is 1.30 bits per heavy atom. The number of carbonyl (C=O) groups excluding carboxylic acids is 2. The van der Waals surface area contributed by atoms with Gasteiger partial charge in [-0.15, -0.1) is 0 Å². The van der Waals surface area contributed by atoms with Gasteiger partial charge in [-0.3, -0.25) is 9.59 Å². The van der Waals surface area contributed by atoms with E-state index in [4.69, 9.17) is 0 Å². The molecule has 0 spiro atoms. The fourth-order valence-electron chi connectivity index (χ4n) is 3.34. The maximum atomic E-state index is 12.3. The highest BCUT2D eigenvalue weighted by molar-refractivity contribution is 7.91. The maximum absolute atomic E-state index is 12.3. The van der Waals surface area contributed by atoms with Gasteiger partial charge in [0.25, 0.3) is 5.91 Å². The van der Waals surface area contributed by atoms with Crippen molar-refractivity contribution in [1.82, 2.24) is 10.3 Å². The van der Waals surface area contributed by atoms with Gasteiger partial charge in [0.15, 0.2) is 9.84 Å². The molecule has 0 bridgehead atoms. The van der Waals surface area contributed by atoms with Crippen LogP contribution in [0, 0.1) is 5.92 Å². The molecule has 0 radical (unpaired) electrons. The Bertz CT molecular complexity index is 639. The van der Waals surface area contributed by atoms with Crippen molar-refractivity contribution in [1.29, 1.82) is 0 Å². The first kappa shape index (κ1) is 16.4. The van der Waals surface area contributed by atoms with E-state index in [9.17, 15) is 18.0 Å². The van der Waals surface area contributed by atoms with Crippen molar-refractivity contribution in [3.8, 4) is 0 Å². The number of amides is 2. The van der Waals surface area contributed by atoms with Crippen LogP contribution in [0.25, 0.3) is 0 Å². The molecule has 0 unspecified atom stereocenters. The quantitative estimate of drug-likeness (QED) is 0.803. The topological polar surface area (TPSA) is 95.9 Å². The second-order valence-corrected chi connectivity index (χ2v) is 9.02. The van der Waals surface area contributed by atoms with Crippen LogP contribution in [-0.2, 0) is 19.4 Å². The third-order valence-corrected chi connectivity index (χ3v) is 6.84. The molecule has 2 heterocycles. The Morgan fingerprint density at radius 2 is 2.04 bits per heavy atom. The van der Waals surface area contributed by atoms with Gasteiger partial charge in [0, 0.05) is 18.9 Å². The monoisotopic (exact) mass is 341 g/mol. The smallest absolute Gasteiger partial charge is 0.267 e. The molecule has 0 aromatic heterocycles. The van der Waals surface area contributed by atoms with E-state index in [0.717, 1.165) is 12.8 Å². The zero-order valence-corrected chi connectivity index (χ0v) is 14.1. The van der Waals surface area contributed by atoms with Gasteiger partial charge in [-0.1, -0.05) is 6.42 Å². The van der Waals surface area contributed by atoms with E-state index in [-0.39, 0.29) is 35.8 Å². The van der Waals surface area contributed by atoms with Crippen molar-refractivity contribution in [2.24, 2.45) is 11.0 Å². The lowest BCUT2D eigenvalue weighted by Crippen LogP contribution is -2.47. The van der Waals surface area contributed by atoms with Crippen LogP contribution in [0.2, 0.25) is 0 Å². The van der Waals surface area contributed by atoms with E-state index >= 15 is 0 Å². The highest BCUT2D eigenvalue weighted by Gasteiger charge is 2.37. The summed E-state index contributed by atoms with van der Waals surface area (Å²) in [6.07, 6.45) is 4.41. The summed E-state index contributed by atoms with van der Waals surface area (Å²) in [4.78, 5) is 24.4. The fraction of sp³-hybridized carbons (Fsp3) is 0.800. The van der Waals surface area contributed by atoms with E-state index in [1.807, 2.05) is 6.92 Å². The van der Waals surface area contributed by atoms with E-state index < -0.39 is 15.9 Å². The normalized spacial score (nSPS) is 28.9. The summed E-state index contributed by atoms with van der Waals surface area (Å²) in [7, 11) is -3.10. The summed E-state index contributed by atoms with van der Waals surface area (Å²) < 4.78 is 23.2. The predicted octanol–water partition coefficient (Wildman–Crippen LogP) is 0.457. The zero-order valence-electron chi connectivity index (χ0n) is 13.3. The van der Waals surface area contributed by atoms with E-state index in [0.29, 0.717) is 24.5 Å². The molecule has 1 aliphatic carbocycles. The number of nitrogens with zero attached hydrogens (tertiary/aromatic N) is 2. The Balaban J connectivity index is 1.68. The molecule has 1 N–H and O–H groups in total. The molecule has 2 aliphatic heterocycles. The van der Waals surface area contributed by atoms with Crippen LogP contribution in [0.4, 0.5) is 0 Å². The minimum absolute atomic E-state index is 0.0599. The largest absolute Gasteiger partial charge is 0.348 e. The van der Waals surface area contributed by atoms with Crippen LogP contribution in [0.1, 0.15) is 45.4 Å². The second kappa shape index (κ2) is 6.22. The number of hydrogen-bond donors (Lipinski definition) is 1. The highest BCUT2D eigenvalue weighted by atomic mass is 32.2. The number of nitrogens with one attached hydrogen (secondary N) is 1. The van der Waals surface area contributed by atoms with Crippen LogP contribution in [0.15, 0.2) is 5.10 Å². The number of sulfone groups is 1.